The van der Waals surface area contributed by atoms with Crippen LogP contribution in [0.3, 0.4) is 0 Å². The van der Waals surface area contributed by atoms with Gasteiger partial charge in [-0.15, -0.1) is 0 Å². The fourth-order valence-corrected chi connectivity index (χ4v) is 2.81. The molecular weight excluding hydrogens is 274 g/mol. The van der Waals surface area contributed by atoms with Gasteiger partial charge in [0, 0.05) is 32.2 Å². The molecule has 0 aromatic heterocycles. The first kappa shape index (κ1) is 16.2. The Bertz CT molecular complexity index is 417. The van der Waals surface area contributed by atoms with Gasteiger partial charge in [0.1, 0.15) is 5.75 Å². The average Bonchev–Trinajstić information content (AvgIpc) is 2.46. The molecule has 1 saturated heterocycles. The number of ether oxygens (including phenoxy) is 1. The van der Waals surface area contributed by atoms with Crippen LogP contribution in [-0.4, -0.2) is 37.7 Å². The summed E-state index contributed by atoms with van der Waals surface area (Å²) < 4.78 is 28.8. The minimum atomic E-state index is -2.77. The predicted octanol–water partition coefficient (Wildman–Crippen LogP) is 3.28. The smallest absolute Gasteiger partial charge is 0.387 e. The number of halogens is 2. The van der Waals surface area contributed by atoms with Crippen molar-refractivity contribution >= 4 is 0 Å². The van der Waals surface area contributed by atoms with Crippen molar-refractivity contribution in [2.75, 3.05) is 26.2 Å². The number of rotatable bonds is 6. The van der Waals surface area contributed by atoms with Crippen LogP contribution in [-0.2, 0) is 0 Å². The SMILES string of the molecule is CC(C)C[C@H](c1ccc(OC(F)F)cc1)N1CCNCC1. The second kappa shape index (κ2) is 7.71. The van der Waals surface area contributed by atoms with Crippen LogP contribution in [0.2, 0.25) is 0 Å². The molecule has 5 heteroatoms. The van der Waals surface area contributed by atoms with Crippen molar-refractivity contribution in [1.82, 2.24) is 10.2 Å². The van der Waals surface area contributed by atoms with E-state index in [0.717, 1.165) is 32.6 Å². The lowest BCUT2D eigenvalue weighted by Crippen LogP contribution is -2.45. The molecule has 118 valence electrons. The molecule has 0 unspecified atom stereocenters. The van der Waals surface area contributed by atoms with Gasteiger partial charge in [-0.25, -0.2) is 0 Å². The van der Waals surface area contributed by atoms with Gasteiger partial charge in [0.05, 0.1) is 0 Å². The second-order valence-electron chi connectivity index (χ2n) is 5.88. The summed E-state index contributed by atoms with van der Waals surface area (Å²) in [6, 6.07) is 7.43. The van der Waals surface area contributed by atoms with Gasteiger partial charge in [0.25, 0.3) is 0 Å². The van der Waals surface area contributed by atoms with Crippen LogP contribution in [0.1, 0.15) is 31.9 Å². The first-order valence-corrected chi connectivity index (χ1v) is 7.56. The summed E-state index contributed by atoms with van der Waals surface area (Å²) in [6.07, 6.45) is 1.06. The molecular formula is C16H24F2N2O. The molecule has 1 fully saturated rings. The lowest BCUT2D eigenvalue weighted by atomic mass is 9.95. The maximum atomic E-state index is 12.2. The highest BCUT2D eigenvalue weighted by Crippen LogP contribution is 2.29. The van der Waals surface area contributed by atoms with E-state index in [1.54, 1.807) is 12.1 Å². The first-order valence-electron chi connectivity index (χ1n) is 7.56. The summed E-state index contributed by atoms with van der Waals surface area (Å²) in [6.45, 7) is 5.70. The van der Waals surface area contributed by atoms with E-state index in [-0.39, 0.29) is 5.75 Å². The average molecular weight is 298 g/mol. The summed E-state index contributed by atoms with van der Waals surface area (Å²) in [5, 5.41) is 3.36. The van der Waals surface area contributed by atoms with E-state index < -0.39 is 6.61 Å². The van der Waals surface area contributed by atoms with Crippen molar-refractivity contribution in [2.45, 2.75) is 32.9 Å². The molecule has 0 aliphatic carbocycles. The van der Waals surface area contributed by atoms with E-state index >= 15 is 0 Å². The molecule has 2 rings (SSSR count). The molecule has 1 aromatic carbocycles. The number of alkyl halides is 2. The summed E-state index contributed by atoms with van der Waals surface area (Å²) in [5.41, 5.74) is 1.17. The second-order valence-corrected chi connectivity index (χ2v) is 5.88. The standard InChI is InChI=1S/C16H24F2N2O/c1-12(2)11-15(20-9-7-19-8-10-20)13-3-5-14(6-4-13)21-16(17)18/h3-6,12,15-16,19H,7-11H2,1-2H3/t15-/m1/s1. The third-order valence-electron chi connectivity index (χ3n) is 3.78. The Morgan fingerprint density at radius 2 is 1.76 bits per heavy atom. The highest BCUT2D eigenvalue weighted by atomic mass is 19.3. The number of piperazine rings is 1. The summed E-state index contributed by atoms with van der Waals surface area (Å²) >= 11 is 0. The molecule has 0 saturated carbocycles. The summed E-state index contributed by atoms with van der Waals surface area (Å²) in [5.74, 6) is 0.805. The number of hydrogen-bond donors (Lipinski definition) is 1. The highest BCUT2D eigenvalue weighted by molar-refractivity contribution is 5.29. The van der Waals surface area contributed by atoms with Gasteiger partial charge in [0.15, 0.2) is 0 Å². The molecule has 0 bridgehead atoms. The molecule has 1 heterocycles. The molecule has 1 N–H and O–H groups in total. The lowest BCUT2D eigenvalue weighted by Gasteiger charge is -2.36. The Morgan fingerprint density at radius 3 is 2.29 bits per heavy atom. The van der Waals surface area contributed by atoms with Gasteiger partial charge in [0.2, 0.25) is 0 Å². The maximum absolute atomic E-state index is 12.2. The Balaban J connectivity index is 2.11. The molecule has 1 atom stereocenters. The maximum Gasteiger partial charge on any atom is 0.387 e. The van der Waals surface area contributed by atoms with Crippen molar-refractivity contribution in [3.8, 4) is 5.75 Å². The molecule has 0 amide bonds. The monoisotopic (exact) mass is 298 g/mol. The minimum Gasteiger partial charge on any atom is -0.435 e. The molecule has 0 spiro atoms. The van der Waals surface area contributed by atoms with Gasteiger partial charge < -0.3 is 10.1 Å². The van der Waals surface area contributed by atoms with Gasteiger partial charge in [-0.05, 0) is 30.0 Å². The van der Waals surface area contributed by atoms with Gasteiger partial charge in [-0.1, -0.05) is 26.0 Å². The molecule has 21 heavy (non-hydrogen) atoms. The largest absolute Gasteiger partial charge is 0.435 e. The zero-order valence-corrected chi connectivity index (χ0v) is 12.7. The minimum absolute atomic E-state index is 0.220. The van der Waals surface area contributed by atoms with Gasteiger partial charge in [-0.3, -0.25) is 4.90 Å². The van der Waals surface area contributed by atoms with E-state index in [9.17, 15) is 8.78 Å². The van der Waals surface area contributed by atoms with Crippen molar-refractivity contribution in [3.63, 3.8) is 0 Å². The topological polar surface area (TPSA) is 24.5 Å². The normalized spacial score (nSPS) is 18.2. The summed E-state index contributed by atoms with van der Waals surface area (Å²) in [4.78, 5) is 2.47. The van der Waals surface area contributed by atoms with Crippen LogP contribution in [0, 0.1) is 5.92 Å². The van der Waals surface area contributed by atoms with Crippen molar-refractivity contribution in [3.05, 3.63) is 29.8 Å². The van der Waals surface area contributed by atoms with Crippen molar-refractivity contribution < 1.29 is 13.5 Å². The van der Waals surface area contributed by atoms with E-state index in [1.165, 1.54) is 5.56 Å². The number of nitrogens with one attached hydrogen (secondary N) is 1. The molecule has 1 aliphatic rings. The lowest BCUT2D eigenvalue weighted by molar-refractivity contribution is -0.0498. The van der Waals surface area contributed by atoms with E-state index in [4.69, 9.17) is 0 Å². The van der Waals surface area contributed by atoms with Gasteiger partial charge >= 0.3 is 6.61 Å². The number of hydrogen-bond acceptors (Lipinski definition) is 3. The predicted molar refractivity (Wildman–Crippen MR) is 79.7 cm³/mol. The quantitative estimate of drug-likeness (QED) is 0.872. The third-order valence-corrected chi connectivity index (χ3v) is 3.78. The van der Waals surface area contributed by atoms with Crippen LogP contribution in [0.5, 0.6) is 5.75 Å². The number of benzene rings is 1. The van der Waals surface area contributed by atoms with E-state index in [1.807, 2.05) is 12.1 Å². The Hall–Kier alpha value is -1.20. The Labute approximate surface area is 125 Å². The Kier molecular flexibility index (Phi) is 5.94. The zero-order chi connectivity index (χ0) is 15.2. The van der Waals surface area contributed by atoms with Crippen LogP contribution < -0.4 is 10.1 Å². The fraction of sp³-hybridized carbons (Fsp3) is 0.625. The number of nitrogens with zero attached hydrogens (tertiary/aromatic N) is 1. The zero-order valence-electron chi connectivity index (χ0n) is 12.7. The molecule has 1 aromatic rings. The van der Waals surface area contributed by atoms with E-state index in [0.29, 0.717) is 12.0 Å². The van der Waals surface area contributed by atoms with Crippen LogP contribution in [0.4, 0.5) is 8.78 Å². The van der Waals surface area contributed by atoms with Crippen molar-refractivity contribution in [2.24, 2.45) is 5.92 Å². The third kappa shape index (κ3) is 4.93. The van der Waals surface area contributed by atoms with E-state index in [2.05, 4.69) is 28.8 Å². The first-order chi connectivity index (χ1) is 10.1. The van der Waals surface area contributed by atoms with Crippen LogP contribution >= 0.6 is 0 Å². The summed E-state index contributed by atoms with van der Waals surface area (Å²) in [7, 11) is 0. The van der Waals surface area contributed by atoms with Crippen molar-refractivity contribution in [1.29, 1.82) is 0 Å². The fourth-order valence-electron chi connectivity index (χ4n) is 2.81. The van der Waals surface area contributed by atoms with Crippen LogP contribution in [0.15, 0.2) is 24.3 Å². The van der Waals surface area contributed by atoms with Gasteiger partial charge in [-0.2, -0.15) is 8.78 Å². The highest BCUT2D eigenvalue weighted by Gasteiger charge is 2.23. The Morgan fingerprint density at radius 1 is 1.14 bits per heavy atom. The molecule has 1 aliphatic heterocycles. The molecule has 0 radical (unpaired) electrons. The molecule has 3 nitrogen and oxygen atoms in total. The van der Waals surface area contributed by atoms with Crippen LogP contribution in [0.25, 0.3) is 0 Å².